The molecule has 3 rings (SSSR count). The molecule has 3 nitrogen and oxygen atoms in total. The quantitative estimate of drug-likeness (QED) is 0.917. The molecule has 1 aliphatic rings. The van der Waals surface area contributed by atoms with Crippen LogP contribution in [0.25, 0.3) is 0 Å². The molecule has 1 aliphatic carbocycles. The lowest BCUT2D eigenvalue weighted by Gasteiger charge is -2.10. The Hall–Kier alpha value is -1.13. The molecular weight excluding hydrogens is 244 g/mol. The molecule has 0 radical (unpaired) electrons. The third-order valence-electron chi connectivity index (χ3n) is 3.52. The van der Waals surface area contributed by atoms with E-state index in [9.17, 15) is 0 Å². The smallest absolute Gasteiger partial charge is 0.150 e. The van der Waals surface area contributed by atoms with Crippen molar-refractivity contribution < 1.29 is 4.52 Å². The molecule has 2 aromatic heterocycles. The van der Waals surface area contributed by atoms with E-state index in [0.29, 0.717) is 6.04 Å². The lowest BCUT2D eigenvalue weighted by Crippen LogP contribution is -2.16. The van der Waals surface area contributed by atoms with Crippen molar-refractivity contribution in [2.45, 2.75) is 45.2 Å². The molecule has 0 amide bonds. The summed E-state index contributed by atoms with van der Waals surface area (Å²) in [4.78, 5) is 3.05. The number of nitrogens with one attached hydrogen (secondary N) is 1. The molecule has 0 aromatic carbocycles. The first kappa shape index (κ1) is 11.9. The molecule has 0 aliphatic heterocycles. The third kappa shape index (κ3) is 2.49. The Kier molecular flexibility index (Phi) is 3.48. The number of fused-ring (bicyclic) bond motifs is 1. The van der Waals surface area contributed by atoms with Crippen LogP contribution in [0.2, 0.25) is 0 Å². The van der Waals surface area contributed by atoms with Gasteiger partial charge in [-0.3, -0.25) is 0 Å². The number of aromatic nitrogens is 1. The SMILES string of the molecule is CC(NCc1ccno1)c1cc2c(s1)CCCC2. The summed E-state index contributed by atoms with van der Waals surface area (Å²) in [6, 6.07) is 4.67. The van der Waals surface area contributed by atoms with Gasteiger partial charge in [0.05, 0.1) is 12.7 Å². The van der Waals surface area contributed by atoms with Crippen molar-refractivity contribution in [2.24, 2.45) is 0 Å². The van der Waals surface area contributed by atoms with Gasteiger partial charge in [-0.25, -0.2) is 0 Å². The first-order valence-corrected chi connectivity index (χ1v) is 7.39. The molecule has 1 atom stereocenters. The maximum absolute atomic E-state index is 5.09. The first-order chi connectivity index (χ1) is 8.83. The summed E-state index contributed by atoms with van der Waals surface area (Å²) < 4.78 is 5.09. The summed E-state index contributed by atoms with van der Waals surface area (Å²) in [5.74, 6) is 0.892. The fourth-order valence-electron chi connectivity index (χ4n) is 2.41. The van der Waals surface area contributed by atoms with E-state index in [1.807, 2.05) is 17.4 Å². The molecule has 18 heavy (non-hydrogen) atoms. The van der Waals surface area contributed by atoms with Crippen LogP contribution in [0.15, 0.2) is 22.9 Å². The second-order valence-corrected chi connectivity index (χ2v) is 6.05. The topological polar surface area (TPSA) is 38.1 Å². The van der Waals surface area contributed by atoms with Gasteiger partial charge in [-0.15, -0.1) is 11.3 Å². The van der Waals surface area contributed by atoms with Gasteiger partial charge in [0.1, 0.15) is 5.76 Å². The Morgan fingerprint density at radius 2 is 2.33 bits per heavy atom. The van der Waals surface area contributed by atoms with Gasteiger partial charge in [0.15, 0.2) is 0 Å². The zero-order valence-corrected chi connectivity index (χ0v) is 11.4. The van der Waals surface area contributed by atoms with Crippen LogP contribution >= 0.6 is 11.3 Å². The van der Waals surface area contributed by atoms with Gasteiger partial charge >= 0.3 is 0 Å². The van der Waals surface area contributed by atoms with E-state index in [1.54, 1.807) is 16.6 Å². The van der Waals surface area contributed by atoms with Crippen LogP contribution in [-0.2, 0) is 19.4 Å². The maximum atomic E-state index is 5.09. The van der Waals surface area contributed by atoms with Crippen molar-refractivity contribution in [1.29, 1.82) is 0 Å². The Bertz CT molecular complexity index is 480. The summed E-state index contributed by atoms with van der Waals surface area (Å²) in [5.41, 5.74) is 1.58. The predicted molar refractivity (Wildman–Crippen MR) is 72.7 cm³/mol. The largest absolute Gasteiger partial charge is 0.360 e. The highest BCUT2D eigenvalue weighted by Gasteiger charge is 2.16. The molecule has 0 fully saturated rings. The lowest BCUT2D eigenvalue weighted by atomic mass is 9.99. The fourth-order valence-corrected chi connectivity index (χ4v) is 3.70. The van der Waals surface area contributed by atoms with E-state index in [0.717, 1.165) is 12.3 Å². The van der Waals surface area contributed by atoms with Crippen molar-refractivity contribution in [3.05, 3.63) is 39.4 Å². The summed E-state index contributed by atoms with van der Waals surface area (Å²) in [7, 11) is 0. The van der Waals surface area contributed by atoms with Gasteiger partial charge in [0, 0.05) is 21.9 Å². The highest BCUT2D eigenvalue weighted by Crippen LogP contribution is 2.32. The standard InChI is InChI=1S/C14H18N2OS/c1-10(15-9-12-6-7-16-17-12)14-8-11-4-2-3-5-13(11)18-14/h6-8,10,15H,2-5,9H2,1H3. The van der Waals surface area contributed by atoms with Crippen LogP contribution in [0.3, 0.4) is 0 Å². The van der Waals surface area contributed by atoms with Gasteiger partial charge in [0.2, 0.25) is 0 Å². The second-order valence-electron chi connectivity index (χ2n) is 4.89. The lowest BCUT2D eigenvalue weighted by molar-refractivity contribution is 0.366. The Morgan fingerprint density at radius 3 is 3.11 bits per heavy atom. The normalized spacial score (nSPS) is 16.5. The Labute approximate surface area is 111 Å². The molecule has 4 heteroatoms. The van der Waals surface area contributed by atoms with Crippen LogP contribution in [-0.4, -0.2) is 5.16 Å². The van der Waals surface area contributed by atoms with Crippen molar-refractivity contribution in [3.8, 4) is 0 Å². The van der Waals surface area contributed by atoms with Crippen LogP contribution in [0, 0.1) is 0 Å². The third-order valence-corrected chi connectivity index (χ3v) is 4.94. The molecular formula is C14H18N2OS. The molecule has 1 N–H and O–H groups in total. The van der Waals surface area contributed by atoms with Crippen molar-refractivity contribution in [2.75, 3.05) is 0 Å². The van der Waals surface area contributed by atoms with Crippen LogP contribution < -0.4 is 5.32 Å². The average molecular weight is 262 g/mol. The summed E-state index contributed by atoms with van der Waals surface area (Å²) in [5, 5.41) is 7.20. The first-order valence-electron chi connectivity index (χ1n) is 6.57. The van der Waals surface area contributed by atoms with E-state index in [1.165, 1.54) is 30.6 Å². The predicted octanol–water partition coefficient (Wildman–Crippen LogP) is 3.47. The van der Waals surface area contributed by atoms with E-state index in [-0.39, 0.29) is 0 Å². The van der Waals surface area contributed by atoms with Gasteiger partial charge < -0.3 is 9.84 Å². The number of thiophene rings is 1. The van der Waals surface area contributed by atoms with Crippen molar-refractivity contribution in [3.63, 3.8) is 0 Å². The van der Waals surface area contributed by atoms with Gasteiger partial charge in [-0.1, -0.05) is 5.16 Å². The molecule has 1 unspecified atom stereocenters. The molecule has 0 bridgehead atoms. The zero-order chi connectivity index (χ0) is 12.4. The molecule has 0 saturated heterocycles. The zero-order valence-electron chi connectivity index (χ0n) is 10.6. The number of aryl methyl sites for hydroxylation is 2. The van der Waals surface area contributed by atoms with Crippen molar-refractivity contribution in [1.82, 2.24) is 10.5 Å². The number of rotatable bonds is 4. The van der Waals surface area contributed by atoms with Gasteiger partial charge in [0.25, 0.3) is 0 Å². The van der Waals surface area contributed by atoms with E-state index < -0.39 is 0 Å². The van der Waals surface area contributed by atoms with Gasteiger partial charge in [-0.2, -0.15) is 0 Å². The number of hydrogen-bond acceptors (Lipinski definition) is 4. The molecule has 0 saturated carbocycles. The minimum atomic E-state index is 0.380. The van der Waals surface area contributed by atoms with Crippen molar-refractivity contribution >= 4 is 11.3 Å². The van der Waals surface area contributed by atoms with E-state index in [2.05, 4.69) is 23.5 Å². The monoisotopic (exact) mass is 262 g/mol. The number of nitrogens with zero attached hydrogens (tertiary/aromatic N) is 1. The minimum absolute atomic E-state index is 0.380. The second kappa shape index (κ2) is 5.24. The fraction of sp³-hybridized carbons (Fsp3) is 0.500. The summed E-state index contributed by atoms with van der Waals surface area (Å²) >= 11 is 1.97. The van der Waals surface area contributed by atoms with E-state index in [4.69, 9.17) is 4.52 Å². The average Bonchev–Trinajstić information content (AvgIpc) is 3.04. The summed E-state index contributed by atoms with van der Waals surface area (Å²) in [6.07, 6.45) is 6.93. The van der Waals surface area contributed by atoms with Crippen LogP contribution in [0.4, 0.5) is 0 Å². The van der Waals surface area contributed by atoms with Crippen LogP contribution in [0.1, 0.15) is 46.9 Å². The molecule has 2 heterocycles. The Balaban J connectivity index is 1.64. The van der Waals surface area contributed by atoms with E-state index >= 15 is 0 Å². The number of hydrogen-bond donors (Lipinski definition) is 1. The maximum Gasteiger partial charge on any atom is 0.150 e. The minimum Gasteiger partial charge on any atom is -0.360 e. The van der Waals surface area contributed by atoms with Gasteiger partial charge in [-0.05, 0) is 44.2 Å². The van der Waals surface area contributed by atoms with Crippen LogP contribution in [0.5, 0.6) is 0 Å². The molecule has 96 valence electrons. The molecule has 0 spiro atoms. The molecule has 2 aromatic rings. The Morgan fingerprint density at radius 1 is 1.44 bits per heavy atom. The highest BCUT2D eigenvalue weighted by atomic mass is 32.1. The highest BCUT2D eigenvalue weighted by molar-refractivity contribution is 7.12. The summed E-state index contributed by atoms with van der Waals surface area (Å²) in [6.45, 7) is 2.96.